The van der Waals surface area contributed by atoms with E-state index in [1.165, 1.54) is 0 Å². The molecule has 3 rings (SSSR count). The van der Waals surface area contributed by atoms with Crippen molar-refractivity contribution in [1.29, 1.82) is 0 Å². The van der Waals surface area contributed by atoms with Crippen LogP contribution in [0.4, 0.5) is 0 Å². The first-order valence-corrected chi connectivity index (χ1v) is 9.66. The lowest BCUT2D eigenvalue weighted by Crippen LogP contribution is -2.31. The molecule has 0 saturated carbocycles. The standard InChI is InChI=1S/C21H26N2O6/c1-5-23-11-14(20(26)22-8-6-7-18(24)29-21(2,3)4)19(25)13-9-16-17(10-15(13)23)28-12-27-16/h9-11H,5-8,12H2,1-4H3,(H,22,26). The highest BCUT2D eigenvalue weighted by Crippen LogP contribution is 2.35. The molecule has 2 heterocycles. The maximum atomic E-state index is 12.9. The first-order valence-electron chi connectivity index (χ1n) is 9.66. The van der Waals surface area contributed by atoms with Gasteiger partial charge < -0.3 is 24.1 Å². The van der Waals surface area contributed by atoms with E-state index in [1.54, 1.807) is 39.1 Å². The Bertz CT molecular complexity index is 1000. The lowest BCUT2D eigenvalue weighted by Gasteiger charge is -2.19. The van der Waals surface area contributed by atoms with E-state index < -0.39 is 11.5 Å². The fourth-order valence-electron chi connectivity index (χ4n) is 3.13. The number of amides is 1. The van der Waals surface area contributed by atoms with E-state index in [2.05, 4.69) is 5.32 Å². The van der Waals surface area contributed by atoms with Crippen LogP contribution < -0.4 is 20.2 Å². The van der Waals surface area contributed by atoms with Crippen molar-refractivity contribution < 1.29 is 23.8 Å². The minimum Gasteiger partial charge on any atom is -0.460 e. The van der Waals surface area contributed by atoms with Crippen LogP contribution in [-0.4, -0.2) is 35.4 Å². The zero-order valence-electron chi connectivity index (χ0n) is 17.2. The van der Waals surface area contributed by atoms with Crippen LogP contribution in [0, 0.1) is 0 Å². The Balaban J connectivity index is 1.73. The van der Waals surface area contributed by atoms with Gasteiger partial charge in [-0.1, -0.05) is 0 Å². The monoisotopic (exact) mass is 402 g/mol. The van der Waals surface area contributed by atoms with Crippen LogP contribution in [0.2, 0.25) is 0 Å². The maximum Gasteiger partial charge on any atom is 0.306 e. The Labute approximate surface area is 168 Å². The Kier molecular flexibility index (Phi) is 5.81. The molecule has 0 fully saturated rings. The molecule has 0 bridgehead atoms. The topological polar surface area (TPSA) is 95.9 Å². The molecule has 1 aromatic heterocycles. The Morgan fingerprint density at radius 1 is 1.21 bits per heavy atom. The summed E-state index contributed by atoms with van der Waals surface area (Å²) in [6, 6.07) is 3.37. The minimum atomic E-state index is -0.536. The number of carbonyl (C=O) groups is 2. The van der Waals surface area contributed by atoms with Gasteiger partial charge in [-0.3, -0.25) is 14.4 Å². The molecule has 1 N–H and O–H groups in total. The Morgan fingerprint density at radius 2 is 1.90 bits per heavy atom. The third-order valence-corrected chi connectivity index (χ3v) is 4.42. The number of aromatic nitrogens is 1. The number of carbonyl (C=O) groups excluding carboxylic acids is 2. The fourth-order valence-corrected chi connectivity index (χ4v) is 3.13. The van der Waals surface area contributed by atoms with Crippen molar-refractivity contribution >= 4 is 22.8 Å². The molecule has 0 radical (unpaired) electrons. The number of nitrogens with one attached hydrogen (secondary N) is 1. The lowest BCUT2D eigenvalue weighted by molar-refractivity contribution is -0.154. The molecule has 0 spiro atoms. The lowest BCUT2D eigenvalue weighted by atomic mass is 10.1. The normalized spacial score (nSPS) is 12.8. The number of benzene rings is 1. The molecular weight excluding hydrogens is 376 g/mol. The molecule has 156 valence electrons. The van der Waals surface area contributed by atoms with Gasteiger partial charge in [0.1, 0.15) is 11.2 Å². The van der Waals surface area contributed by atoms with Gasteiger partial charge in [0.15, 0.2) is 11.5 Å². The molecule has 8 nitrogen and oxygen atoms in total. The number of esters is 1. The average Bonchev–Trinajstić information content (AvgIpc) is 3.10. The average molecular weight is 402 g/mol. The highest BCUT2D eigenvalue weighted by Gasteiger charge is 2.21. The van der Waals surface area contributed by atoms with Crippen molar-refractivity contribution in [2.75, 3.05) is 13.3 Å². The first-order chi connectivity index (χ1) is 13.7. The molecule has 2 aromatic rings. The molecule has 1 aromatic carbocycles. The summed E-state index contributed by atoms with van der Waals surface area (Å²) in [4.78, 5) is 37.2. The summed E-state index contributed by atoms with van der Waals surface area (Å²) >= 11 is 0. The second kappa shape index (κ2) is 8.14. The molecule has 1 amide bonds. The summed E-state index contributed by atoms with van der Waals surface area (Å²) in [5, 5.41) is 3.11. The SMILES string of the molecule is CCn1cc(C(=O)NCCCC(=O)OC(C)(C)C)c(=O)c2cc3c(cc21)OCO3. The van der Waals surface area contributed by atoms with E-state index in [0.29, 0.717) is 35.4 Å². The minimum absolute atomic E-state index is 0.0514. The van der Waals surface area contributed by atoms with Crippen LogP contribution in [-0.2, 0) is 16.1 Å². The summed E-state index contributed by atoms with van der Waals surface area (Å²) in [5.41, 5.74) is -0.169. The number of hydrogen-bond donors (Lipinski definition) is 1. The van der Waals surface area contributed by atoms with E-state index in [9.17, 15) is 14.4 Å². The molecule has 29 heavy (non-hydrogen) atoms. The maximum absolute atomic E-state index is 12.9. The van der Waals surface area contributed by atoms with Crippen molar-refractivity contribution in [3.63, 3.8) is 0 Å². The Morgan fingerprint density at radius 3 is 2.55 bits per heavy atom. The van der Waals surface area contributed by atoms with Crippen LogP contribution in [0.25, 0.3) is 10.9 Å². The number of ether oxygens (including phenoxy) is 3. The van der Waals surface area contributed by atoms with E-state index in [1.807, 2.05) is 11.5 Å². The zero-order valence-corrected chi connectivity index (χ0v) is 17.2. The van der Waals surface area contributed by atoms with E-state index in [-0.39, 0.29) is 36.7 Å². The van der Waals surface area contributed by atoms with Crippen molar-refractivity contribution in [3.05, 3.63) is 34.1 Å². The smallest absolute Gasteiger partial charge is 0.306 e. The predicted octanol–water partition coefficient (Wildman–Crippen LogP) is 2.60. The number of nitrogens with zero attached hydrogens (tertiary/aromatic N) is 1. The van der Waals surface area contributed by atoms with Crippen LogP contribution in [0.1, 0.15) is 50.9 Å². The quantitative estimate of drug-likeness (QED) is 0.589. The molecule has 1 aliphatic heterocycles. The van der Waals surface area contributed by atoms with Crippen molar-refractivity contribution in [1.82, 2.24) is 9.88 Å². The van der Waals surface area contributed by atoms with Crippen molar-refractivity contribution in [3.8, 4) is 11.5 Å². The van der Waals surface area contributed by atoms with Crippen molar-refractivity contribution in [2.45, 2.75) is 52.7 Å². The molecule has 8 heteroatoms. The summed E-state index contributed by atoms with van der Waals surface area (Å²) in [7, 11) is 0. The second-order valence-corrected chi connectivity index (χ2v) is 7.83. The van der Waals surface area contributed by atoms with Gasteiger partial charge in [0.25, 0.3) is 5.91 Å². The van der Waals surface area contributed by atoms with Crippen LogP contribution in [0.3, 0.4) is 0 Å². The van der Waals surface area contributed by atoms with Gasteiger partial charge in [-0.15, -0.1) is 0 Å². The summed E-state index contributed by atoms with van der Waals surface area (Å²) in [6.07, 6.45) is 2.17. The third-order valence-electron chi connectivity index (χ3n) is 4.42. The number of pyridine rings is 1. The molecule has 0 atom stereocenters. The number of rotatable bonds is 6. The molecular formula is C21H26N2O6. The summed E-state index contributed by atoms with van der Waals surface area (Å²) in [5.74, 6) is 0.286. The van der Waals surface area contributed by atoms with E-state index in [4.69, 9.17) is 14.2 Å². The Hall–Kier alpha value is -3.03. The van der Waals surface area contributed by atoms with Gasteiger partial charge in [-0.25, -0.2) is 0 Å². The van der Waals surface area contributed by atoms with Gasteiger partial charge in [0.2, 0.25) is 12.2 Å². The largest absolute Gasteiger partial charge is 0.460 e. The van der Waals surface area contributed by atoms with Gasteiger partial charge in [-0.05, 0) is 40.2 Å². The molecule has 0 saturated heterocycles. The highest BCUT2D eigenvalue weighted by atomic mass is 16.7. The van der Waals surface area contributed by atoms with E-state index >= 15 is 0 Å². The molecule has 0 aliphatic carbocycles. The predicted molar refractivity (Wildman–Crippen MR) is 107 cm³/mol. The number of fused-ring (bicyclic) bond motifs is 2. The third kappa shape index (κ3) is 4.70. The van der Waals surface area contributed by atoms with Gasteiger partial charge in [0, 0.05) is 31.8 Å². The van der Waals surface area contributed by atoms with Crippen LogP contribution in [0.15, 0.2) is 23.1 Å². The summed E-state index contributed by atoms with van der Waals surface area (Å²) in [6.45, 7) is 8.29. The zero-order chi connectivity index (χ0) is 21.2. The number of hydrogen-bond acceptors (Lipinski definition) is 6. The molecule has 1 aliphatic rings. The van der Waals surface area contributed by atoms with Crippen LogP contribution in [0.5, 0.6) is 11.5 Å². The van der Waals surface area contributed by atoms with Gasteiger partial charge in [-0.2, -0.15) is 0 Å². The highest BCUT2D eigenvalue weighted by molar-refractivity contribution is 5.97. The fraction of sp³-hybridized carbons (Fsp3) is 0.476. The number of aryl methyl sites for hydroxylation is 1. The summed E-state index contributed by atoms with van der Waals surface area (Å²) < 4.78 is 17.8. The van der Waals surface area contributed by atoms with Crippen LogP contribution >= 0.6 is 0 Å². The first kappa shape index (κ1) is 20.7. The van der Waals surface area contributed by atoms with E-state index in [0.717, 1.165) is 0 Å². The van der Waals surface area contributed by atoms with Crippen molar-refractivity contribution in [2.24, 2.45) is 0 Å². The van der Waals surface area contributed by atoms with Gasteiger partial charge >= 0.3 is 5.97 Å². The molecule has 0 unspecified atom stereocenters. The van der Waals surface area contributed by atoms with Gasteiger partial charge in [0.05, 0.1) is 10.9 Å². The second-order valence-electron chi connectivity index (χ2n) is 7.83.